The molecule has 1 aliphatic heterocycles. The topological polar surface area (TPSA) is 28.2 Å². The number of anilines is 1. The number of pyridine rings is 1. The molecule has 1 aromatic carbocycles. The summed E-state index contributed by atoms with van der Waals surface area (Å²) >= 11 is 0. The normalized spacial score (nSPS) is 20.8. The van der Waals surface area contributed by atoms with Crippen molar-refractivity contribution in [3.8, 4) is 0 Å². The van der Waals surface area contributed by atoms with Gasteiger partial charge in [-0.3, -0.25) is 0 Å². The van der Waals surface area contributed by atoms with Crippen molar-refractivity contribution < 1.29 is 0 Å². The molecule has 17 heavy (non-hydrogen) atoms. The van der Waals surface area contributed by atoms with Crippen LogP contribution >= 0.6 is 0 Å². The van der Waals surface area contributed by atoms with Gasteiger partial charge < -0.3 is 10.2 Å². The van der Waals surface area contributed by atoms with Crippen LogP contribution in [-0.4, -0.2) is 30.7 Å². The van der Waals surface area contributed by atoms with Crippen molar-refractivity contribution in [1.29, 1.82) is 0 Å². The zero-order valence-corrected chi connectivity index (χ0v) is 10.1. The number of nitrogens with zero attached hydrogens (tertiary/aromatic N) is 2. The molecule has 1 fully saturated rings. The standard InChI is InChI=1S/C14H17N3/c1-11-10-17(9-8-15-11)14-13-5-3-2-4-12(13)6-7-16-14/h2-7,11,15H,8-10H2,1H3. The fourth-order valence-corrected chi connectivity index (χ4v) is 2.48. The third-order valence-electron chi connectivity index (χ3n) is 3.32. The maximum absolute atomic E-state index is 4.56. The van der Waals surface area contributed by atoms with Gasteiger partial charge in [0.05, 0.1) is 0 Å². The van der Waals surface area contributed by atoms with E-state index in [-0.39, 0.29) is 0 Å². The highest BCUT2D eigenvalue weighted by molar-refractivity contribution is 5.92. The van der Waals surface area contributed by atoms with E-state index in [9.17, 15) is 0 Å². The monoisotopic (exact) mass is 227 g/mol. The number of benzene rings is 1. The Morgan fingerprint density at radius 3 is 3.06 bits per heavy atom. The fourth-order valence-electron chi connectivity index (χ4n) is 2.48. The smallest absolute Gasteiger partial charge is 0.136 e. The first-order valence-electron chi connectivity index (χ1n) is 6.17. The number of piperazine rings is 1. The highest BCUT2D eigenvalue weighted by Crippen LogP contribution is 2.24. The highest BCUT2D eigenvalue weighted by atomic mass is 15.2. The minimum atomic E-state index is 0.532. The molecule has 1 saturated heterocycles. The van der Waals surface area contributed by atoms with Crippen molar-refractivity contribution >= 4 is 16.6 Å². The number of hydrogen-bond donors (Lipinski definition) is 1. The molecule has 2 aromatic rings. The zero-order chi connectivity index (χ0) is 11.7. The Kier molecular flexibility index (Phi) is 2.69. The summed E-state index contributed by atoms with van der Waals surface area (Å²) in [6.07, 6.45) is 1.91. The summed E-state index contributed by atoms with van der Waals surface area (Å²) in [5.74, 6) is 1.12. The van der Waals surface area contributed by atoms with E-state index >= 15 is 0 Å². The number of hydrogen-bond acceptors (Lipinski definition) is 3. The number of rotatable bonds is 1. The Bertz CT molecular complexity index is 518. The summed E-state index contributed by atoms with van der Waals surface area (Å²) in [4.78, 5) is 6.94. The van der Waals surface area contributed by atoms with Crippen molar-refractivity contribution in [2.45, 2.75) is 13.0 Å². The maximum atomic E-state index is 4.56. The lowest BCUT2D eigenvalue weighted by Crippen LogP contribution is -2.49. The molecule has 3 heteroatoms. The quantitative estimate of drug-likeness (QED) is 0.808. The van der Waals surface area contributed by atoms with Gasteiger partial charge in [-0.25, -0.2) is 4.98 Å². The van der Waals surface area contributed by atoms with E-state index in [1.165, 1.54) is 10.8 Å². The van der Waals surface area contributed by atoms with Crippen LogP contribution in [0.3, 0.4) is 0 Å². The summed E-state index contributed by atoms with van der Waals surface area (Å²) in [5.41, 5.74) is 0. The zero-order valence-electron chi connectivity index (χ0n) is 10.1. The molecule has 0 radical (unpaired) electrons. The Morgan fingerprint density at radius 1 is 1.29 bits per heavy atom. The third-order valence-corrected chi connectivity index (χ3v) is 3.32. The van der Waals surface area contributed by atoms with Gasteiger partial charge in [-0.05, 0) is 18.4 Å². The molecule has 0 spiro atoms. The van der Waals surface area contributed by atoms with Crippen molar-refractivity contribution in [3.05, 3.63) is 36.5 Å². The van der Waals surface area contributed by atoms with Crippen LogP contribution in [0.1, 0.15) is 6.92 Å². The lowest BCUT2D eigenvalue weighted by molar-refractivity contribution is 0.483. The summed E-state index contributed by atoms with van der Waals surface area (Å²) in [5, 5.41) is 5.98. The van der Waals surface area contributed by atoms with Gasteiger partial charge in [0.1, 0.15) is 5.82 Å². The summed E-state index contributed by atoms with van der Waals surface area (Å²) in [6, 6.07) is 11.1. The minimum Gasteiger partial charge on any atom is -0.353 e. The molecular weight excluding hydrogens is 210 g/mol. The van der Waals surface area contributed by atoms with E-state index in [2.05, 4.69) is 52.5 Å². The van der Waals surface area contributed by atoms with Gasteiger partial charge in [0.25, 0.3) is 0 Å². The third kappa shape index (κ3) is 1.98. The van der Waals surface area contributed by atoms with Crippen LogP contribution < -0.4 is 10.2 Å². The van der Waals surface area contributed by atoms with Crippen LogP contribution in [-0.2, 0) is 0 Å². The van der Waals surface area contributed by atoms with Gasteiger partial charge in [-0.2, -0.15) is 0 Å². The molecule has 1 unspecified atom stereocenters. The van der Waals surface area contributed by atoms with Crippen LogP contribution in [0.2, 0.25) is 0 Å². The summed E-state index contributed by atoms with van der Waals surface area (Å²) < 4.78 is 0. The minimum absolute atomic E-state index is 0.532. The van der Waals surface area contributed by atoms with Crippen LogP contribution in [0, 0.1) is 0 Å². The first-order chi connectivity index (χ1) is 8.34. The first-order valence-corrected chi connectivity index (χ1v) is 6.17. The van der Waals surface area contributed by atoms with E-state index in [1.807, 2.05) is 6.20 Å². The molecule has 1 atom stereocenters. The number of fused-ring (bicyclic) bond motifs is 1. The Balaban J connectivity index is 2.04. The van der Waals surface area contributed by atoms with E-state index in [1.54, 1.807) is 0 Å². The molecule has 2 heterocycles. The molecule has 1 N–H and O–H groups in total. The lowest BCUT2D eigenvalue weighted by atomic mass is 10.1. The van der Waals surface area contributed by atoms with Crippen LogP contribution in [0.25, 0.3) is 10.8 Å². The average molecular weight is 227 g/mol. The molecule has 3 rings (SSSR count). The van der Waals surface area contributed by atoms with Gasteiger partial charge >= 0.3 is 0 Å². The molecule has 0 bridgehead atoms. The Morgan fingerprint density at radius 2 is 2.18 bits per heavy atom. The van der Waals surface area contributed by atoms with E-state index < -0.39 is 0 Å². The molecule has 1 aromatic heterocycles. The molecule has 3 nitrogen and oxygen atoms in total. The predicted octanol–water partition coefficient (Wildman–Crippen LogP) is 2.03. The average Bonchev–Trinajstić information content (AvgIpc) is 2.38. The molecule has 1 aliphatic rings. The summed E-state index contributed by atoms with van der Waals surface area (Å²) in [7, 11) is 0. The predicted molar refractivity (Wildman–Crippen MR) is 71.4 cm³/mol. The van der Waals surface area contributed by atoms with Crippen molar-refractivity contribution in [1.82, 2.24) is 10.3 Å². The fraction of sp³-hybridized carbons (Fsp3) is 0.357. The Labute approximate surface area is 101 Å². The number of aromatic nitrogens is 1. The van der Waals surface area contributed by atoms with Gasteiger partial charge in [0.15, 0.2) is 0 Å². The molecule has 0 amide bonds. The van der Waals surface area contributed by atoms with E-state index in [0.717, 1.165) is 25.5 Å². The molecule has 88 valence electrons. The van der Waals surface area contributed by atoms with Crippen molar-refractivity contribution in [2.75, 3.05) is 24.5 Å². The summed E-state index contributed by atoms with van der Waals surface area (Å²) in [6.45, 7) is 5.32. The van der Waals surface area contributed by atoms with Gasteiger partial charge in [0.2, 0.25) is 0 Å². The largest absolute Gasteiger partial charge is 0.353 e. The second-order valence-corrected chi connectivity index (χ2v) is 4.66. The van der Waals surface area contributed by atoms with Gasteiger partial charge in [-0.1, -0.05) is 24.3 Å². The molecular formula is C14H17N3. The van der Waals surface area contributed by atoms with Crippen LogP contribution in [0.5, 0.6) is 0 Å². The van der Waals surface area contributed by atoms with Crippen molar-refractivity contribution in [3.63, 3.8) is 0 Å². The first kappa shape index (κ1) is 10.5. The van der Waals surface area contributed by atoms with E-state index in [4.69, 9.17) is 0 Å². The maximum Gasteiger partial charge on any atom is 0.136 e. The highest BCUT2D eigenvalue weighted by Gasteiger charge is 2.18. The second-order valence-electron chi connectivity index (χ2n) is 4.66. The molecule has 0 saturated carbocycles. The molecule has 0 aliphatic carbocycles. The number of nitrogens with one attached hydrogen (secondary N) is 1. The van der Waals surface area contributed by atoms with E-state index in [0.29, 0.717) is 6.04 Å². The van der Waals surface area contributed by atoms with Crippen LogP contribution in [0.4, 0.5) is 5.82 Å². The van der Waals surface area contributed by atoms with Crippen molar-refractivity contribution in [2.24, 2.45) is 0 Å². The lowest BCUT2D eigenvalue weighted by Gasteiger charge is -2.33. The second kappa shape index (κ2) is 4.34. The SMILES string of the molecule is CC1CN(c2nccc3ccccc23)CCN1. The van der Waals surface area contributed by atoms with Gasteiger partial charge in [-0.15, -0.1) is 0 Å². The Hall–Kier alpha value is -1.61. The van der Waals surface area contributed by atoms with Gasteiger partial charge in [0, 0.05) is 37.3 Å². The van der Waals surface area contributed by atoms with Crippen LogP contribution in [0.15, 0.2) is 36.5 Å².